The van der Waals surface area contributed by atoms with Gasteiger partial charge in [-0.05, 0) is 39.8 Å². The zero-order valence-electron chi connectivity index (χ0n) is 11.4. The number of hydrogen-bond donors (Lipinski definition) is 1. The Morgan fingerprint density at radius 3 is 2.50 bits per heavy atom. The van der Waals surface area contributed by atoms with Gasteiger partial charge in [0.2, 0.25) is 5.90 Å². The molecule has 0 atom stereocenters. The zero-order valence-corrected chi connectivity index (χ0v) is 11.4. The smallest absolute Gasteiger partial charge is 0.217 e. The minimum absolute atomic E-state index is 0.0371. The Hall–Kier alpha value is -1.71. The molecule has 0 bridgehead atoms. The second-order valence-corrected chi connectivity index (χ2v) is 4.02. The van der Waals surface area contributed by atoms with Crippen molar-refractivity contribution in [3.05, 3.63) is 23.8 Å². The Kier molecular flexibility index (Phi) is 5.49. The highest BCUT2D eigenvalue weighted by atomic mass is 16.5. The van der Waals surface area contributed by atoms with Crippen LogP contribution < -0.4 is 9.47 Å². The van der Waals surface area contributed by atoms with Gasteiger partial charge in [0.25, 0.3) is 0 Å². The Balaban J connectivity index is 3.03. The number of ether oxygens (including phenoxy) is 3. The van der Waals surface area contributed by atoms with Crippen LogP contribution >= 0.6 is 0 Å². The number of rotatable bonds is 6. The average Bonchev–Trinajstić information content (AvgIpc) is 2.29. The Morgan fingerprint density at radius 1 is 1.22 bits per heavy atom. The van der Waals surface area contributed by atoms with E-state index in [0.29, 0.717) is 24.5 Å². The van der Waals surface area contributed by atoms with E-state index in [4.69, 9.17) is 19.6 Å². The molecule has 0 aliphatic rings. The van der Waals surface area contributed by atoms with Gasteiger partial charge in [-0.3, -0.25) is 5.41 Å². The van der Waals surface area contributed by atoms with E-state index in [1.165, 1.54) is 0 Å². The molecule has 0 heterocycles. The summed E-state index contributed by atoms with van der Waals surface area (Å²) in [4.78, 5) is 0. The van der Waals surface area contributed by atoms with E-state index in [-0.39, 0.29) is 12.0 Å². The maximum atomic E-state index is 7.84. The Morgan fingerprint density at radius 2 is 1.94 bits per heavy atom. The predicted molar refractivity (Wildman–Crippen MR) is 71.8 cm³/mol. The van der Waals surface area contributed by atoms with Crippen LogP contribution in [0.1, 0.15) is 33.3 Å². The molecule has 0 fully saturated rings. The second kappa shape index (κ2) is 6.89. The van der Waals surface area contributed by atoms with Crippen LogP contribution in [0.2, 0.25) is 0 Å². The first kappa shape index (κ1) is 14.4. The molecule has 0 aliphatic carbocycles. The van der Waals surface area contributed by atoms with Crippen LogP contribution in [0.3, 0.4) is 0 Å². The lowest BCUT2D eigenvalue weighted by Gasteiger charge is -2.16. The molecular formula is C14H21NO3. The van der Waals surface area contributed by atoms with E-state index in [1.807, 2.05) is 33.8 Å². The fraction of sp³-hybridized carbons (Fsp3) is 0.500. The third kappa shape index (κ3) is 3.95. The quantitative estimate of drug-likeness (QED) is 0.623. The number of hydrogen-bond acceptors (Lipinski definition) is 4. The summed E-state index contributed by atoms with van der Waals surface area (Å²) in [5, 5.41) is 7.84. The van der Waals surface area contributed by atoms with Gasteiger partial charge in [-0.1, -0.05) is 0 Å². The molecule has 0 saturated carbocycles. The van der Waals surface area contributed by atoms with Crippen molar-refractivity contribution >= 4 is 5.90 Å². The van der Waals surface area contributed by atoms with Crippen LogP contribution in [0.5, 0.6) is 11.5 Å². The van der Waals surface area contributed by atoms with Gasteiger partial charge in [0.1, 0.15) is 11.5 Å². The van der Waals surface area contributed by atoms with Crippen LogP contribution in [-0.2, 0) is 4.74 Å². The normalized spacial score (nSPS) is 10.3. The monoisotopic (exact) mass is 251 g/mol. The molecule has 0 aliphatic heterocycles. The molecule has 1 rings (SSSR count). The van der Waals surface area contributed by atoms with E-state index in [2.05, 4.69) is 0 Å². The minimum Gasteiger partial charge on any atom is -0.494 e. The molecule has 100 valence electrons. The number of benzene rings is 1. The van der Waals surface area contributed by atoms with Crippen molar-refractivity contribution in [2.24, 2.45) is 0 Å². The van der Waals surface area contributed by atoms with Crippen molar-refractivity contribution < 1.29 is 14.2 Å². The molecule has 0 radical (unpaired) electrons. The predicted octanol–water partition coefficient (Wildman–Crippen LogP) is 3.23. The first-order chi connectivity index (χ1) is 8.58. The van der Waals surface area contributed by atoms with Crippen molar-refractivity contribution in [2.45, 2.75) is 33.8 Å². The van der Waals surface area contributed by atoms with E-state index in [0.717, 1.165) is 5.75 Å². The Bertz CT molecular complexity index is 402. The highest BCUT2D eigenvalue weighted by molar-refractivity contribution is 5.94. The van der Waals surface area contributed by atoms with E-state index < -0.39 is 0 Å². The number of nitrogens with one attached hydrogen (secondary N) is 1. The standard InChI is InChI=1S/C14H21NO3/c1-5-16-11-7-8-12(14(15)17-6-2)13(9-11)18-10(3)4/h7-10,15H,5-6H2,1-4H3. The van der Waals surface area contributed by atoms with Crippen LogP contribution in [0.25, 0.3) is 0 Å². The summed E-state index contributed by atoms with van der Waals surface area (Å²) in [5.41, 5.74) is 0.647. The lowest BCUT2D eigenvalue weighted by Crippen LogP contribution is -2.12. The summed E-state index contributed by atoms with van der Waals surface area (Å²) in [6.07, 6.45) is 0.0371. The van der Waals surface area contributed by atoms with Gasteiger partial charge in [0, 0.05) is 6.07 Å². The lowest BCUT2D eigenvalue weighted by molar-refractivity contribution is 0.238. The van der Waals surface area contributed by atoms with Gasteiger partial charge in [0.15, 0.2) is 0 Å². The maximum absolute atomic E-state index is 7.84. The van der Waals surface area contributed by atoms with Gasteiger partial charge in [0.05, 0.1) is 24.9 Å². The molecule has 4 nitrogen and oxygen atoms in total. The maximum Gasteiger partial charge on any atom is 0.217 e. The highest BCUT2D eigenvalue weighted by Gasteiger charge is 2.13. The van der Waals surface area contributed by atoms with Gasteiger partial charge < -0.3 is 14.2 Å². The van der Waals surface area contributed by atoms with Gasteiger partial charge in [-0.25, -0.2) is 0 Å². The molecule has 1 aromatic carbocycles. The summed E-state index contributed by atoms with van der Waals surface area (Å²) in [7, 11) is 0. The molecule has 0 spiro atoms. The van der Waals surface area contributed by atoms with Crippen molar-refractivity contribution in [2.75, 3.05) is 13.2 Å². The van der Waals surface area contributed by atoms with E-state index in [9.17, 15) is 0 Å². The molecule has 1 N–H and O–H groups in total. The topological polar surface area (TPSA) is 51.5 Å². The van der Waals surface area contributed by atoms with Crippen LogP contribution in [-0.4, -0.2) is 25.2 Å². The first-order valence-corrected chi connectivity index (χ1v) is 6.23. The van der Waals surface area contributed by atoms with E-state index >= 15 is 0 Å². The van der Waals surface area contributed by atoms with Crippen molar-refractivity contribution in [3.63, 3.8) is 0 Å². The highest BCUT2D eigenvalue weighted by Crippen LogP contribution is 2.26. The van der Waals surface area contributed by atoms with Crippen LogP contribution in [0, 0.1) is 5.41 Å². The largest absolute Gasteiger partial charge is 0.494 e. The molecule has 0 amide bonds. The summed E-state index contributed by atoms with van der Waals surface area (Å²) in [6, 6.07) is 5.41. The summed E-state index contributed by atoms with van der Waals surface area (Å²) >= 11 is 0. The molecular weight excluding hydrogens is 230 g/mol. The third-order valence-corrected chi connectivity index (χ3v) is 2.16. The zero-order chi connectivity index (χ0) is 13.5. The average molecular weight is 251 g/mol. The van der Waals surface area contributed by atoms with Gasteiger partial charge >= 0.3 is 0 Å². The molecule has 0 unspecified atom stereocenters. The lowest BCUT2D eigenvalue weighted by atomic mass is 10.2. The molecule has 0 aromatic heterocycles. The van der Waals surface area contributed by atoms with Gasteiger partial charge in [-0.2, -0.15) is 0 Å². The summed E-state index contributed by atoms with van der Waals surface area (Å²) in [5.74, 6) is 1.48. The molecule has 18 heavy (non-hydrogen) atoms. The first-order valence-electron chi connectivity index (χ1n) is 6.23. The van der Waals surface area contributed by atoms with Crippen molar-refractivity contribution in [1.29, 1.82) is 5.41 Å². The SMILES string of the molecule is CCOC(=N)c1ccc(OCC)cc1OC(C)C. The fourth-order valence-electron chi connectivity index (χ4n) is 1.52. The third-order valence-electron chi connectivity index (χ3n) is 2.16. The minimum atomic E-state index is 0.0371. The molecule has 1 aromatic rings. The summed E-state index contributed by atoms with van der Waals surface area (Å²) in [6.45, 7) is 8.74. The van der Waals surface area contributed by atoms with Crippen molar-refractivity contribution in [3.8, 4) is 11.5 Å². The van der Waals surface area contributed by atoms with E-state index in [1.54, 1.807) is 12.1 Å². The fourth-order valence-corrected chi connectivity index (χ4v) is 1.52. The molecule has 4 heteroatoms. The molecule has 0 saturated heterocycles. The van der Waals surface area contributed by atoms with Crippen molar-refractivity contribution in [1.82, 2.24) is 0 Å². The second-order valence-electron chi connectivity index (χ2n) is 4.02. The van der Waals surface area contributed by atoms with Crippen LogP contribution in [0.4, 0.5) is 0 Å². The van der Waals surface area contributed by atoms with Crippen LogP contribution in [0.15, 0.2) is 18.2 Å². The summed E-state index contributed by atoms with van der Waals surface area (Å²) < 4.78 is 16.3. The van der Waals surface area contributed by atoms with Gasteiger partial charge in [-0.15, -0.1) is 0 Å². The Labute approximate surface area is 108 Å².